The maximum absolute atomic E-state index is 13.1. The summed E-state index contributed by atoms with van der Waals surface area (Å²) in [7, 11) is 1.78. The quantitative estimate of drug-likeness (QED) is 0.412. The first-order chi connectivity index (χ1) is 15.3. The SMILES string of the molecule is Cn1c(Nc2c(Cl)cccc2Cl)nc2ccc3nc(C4=CCN(C(=O)O)C4)[nH]c(=O)c3c21. The molecule has 0 fully saturated rings. The Bertz CT molecular complexity index is 1490. The van der Waals surface area contributed by atoms with E-state index < -0.39 is 6.09 Å². The number of rotatable bonds is 3. The largest absolute Gasteiger partial charge is 0.465 e. The van der Waals surface area contributed by atoms with Crippen molar-refractivity contribution in [3.8, 4) is 0 Å². The summed E-state index contributed by atoms with van der Waals surface area (Å²) >= 11 is 12.5. The number of imidazole rings is 1. The molecule has 1 aliphatic rings. The van der Waals surface area contributed by atoms with Crippen LogP contribution < -0.4 is 10.9 Å². The highest BCUT2D eigenvalue weighted by molar-refractivity contribution is 6.39. The van der Waals surface area contributed by atoms with Gasteiger partial charge in [0, 0.05) is 19.2 Å². The van der Waals surface area contributed by atoms with Crippen LogP contribution in [-0.4, -0.2) is 48.7 Å². The van der Waals surface area contributed by atoms with Crippen molar-refractivity contribution in [2.75, 3.05) is 18.4 Å². The molecule has 2 aromatic heterocycles. The predicted molar refractivity (Wildman–Crippen MR) is 124 cm³/mol. The zero-order chi connectivity index (χ0) is 22.6. The standard InChI is InChI=1S/C21H16Cl2N6O3/c1-28-17-14(25-20(28)26-16-11(22)3-2-4-12(16)23)6-5-13-15(17)19(30)27-18(24-13)10-7-8-29(9-10)21(31)32/h2-7H,8-9H2,1H3,(H,25,26)(H,31,32)(H,24,27,30). The minimum atomic E-state index is -1.02. The Morgan fingerprint density at radius 3 is 2.56 bits per heavy atom. The molecule has 3 heterocycles. The summed E-state index contributed by atoms with van der Waals surface area (Å²) in [5.74, 6) is 0.815. The summed E-state index contributed by atoms with van der Waals surface area (Å²) in [6.45, 7) is 0.428. The molecule has 1 amide bonds. The molecular formula is C21H16Cl2N6O3. The van der Waals surface area contributed by atoms with Crippen LogP contribution in [0.3, 0.4) is 0 Å². The summed E-state index contributed by atoms with van der Waals surface area (Å²) in [5, 5.41) is 13.6. The molecule has 3 N–H and O–H groups in total. The number of aromatic nitrogens is 4. The summed E-state index contributed by atoms with van der Waals surface area (Å²) in [5.41, 5.74) is 2.52. The fourth-order valence-electron chi connectivity index (χ4n) is 3.80. The average molecular weight is 471 g/mol. The molecule has 4 aromatic rings. The topological polar surface area (TPSA) is 116 Å². The maximum atomic E-state index is 13.1. The number of hydrogen-bond donors (Lipinski definition) is 3. The van der Waals surface area contributed by atoms with E-state index in [9.17, 15) is 9.59 Å². The van der Waals surface area contributed by atoms with E-state index in [0.717, 1.165) is 0 Å². The first kappa shape index (κ1) is 20.3. The van der Waals surface area contributed by atoms with Crippen molar-refractivity contribution in [1.82, 2.24) is 24.4 Å². The van der Waals surface area contributed by atoms with Gasteiger partial charge in [0.1, 0.15) is 5.82 Å². The molecule has 0 atom stereocenters. The van der Waals surface area contributed by atoms with E-state index in [0.29, 0.717) is 55.0 Å². The normalized spacial score (nSPS) is 13.7. The lowest BCUT2D eigenvalue weighted by Crippen LogP contribution is -2.27. The van der Waals surface area contributed by atoms with Gasteiger partial charge >= 0.3 is 6.09 Å². The summed E-state index contributed by atoms with van der Waals surface area (Å²) < 4.78 is 1.74. The van der Waals surface area contributed by atoms with Crippen molar-refractivity contribution < 1.29 is 9.90 Å². The van der Waals surface area contributed by atoms with Gasteiger partial charge in [-0.3, -0.25) is 4.79 Å². The first-order valence-electron chi connectivity index (χ1n) is 9.61. The average Bonchev–Trinajstić information content (AvgIpc) is 3.36. The summed E-state index contributed by atoms with van der Waals surface area (Å²) in [6, 6.07) is 8.68. The van der Waals surface area contributed by atoms with E-state index in [-0.39, 0.29) is 18.6 Å². The van der Waals surface area contributed by atoms with E-state index in [1.54, 1.807) is 48.0 Å². The number of nitrogens with zero attached hydrogens (tertiary/aromatic N) is 4. The van der Waals surface area contributed by atoms with Gasteiger partial charge in [0.25, 0.3) is 5.56 Å². The van der Waals surface area contributed by atoms with Crippen molar-refractivity contribution in [2.45, 2.75) is 0 Å². The minimum Gasteiger partial charge on any atom is -0.465 e. The molecule has 0 unspecified atom stereocenters. The van der Waals surface area contributed by atoms with Gasteiger partial charge in [0.2, 0.25) is 5.95 Å². The number of fused-ring (bicyclic) bond motifs is 3. The van der Waals surface area contributed by atoms with E-state index in [2.05, 4.69) is 20.3 Å². The van der Waals surface area contributed by atoms with Gasteiger partial charge in [-0.15, -0.1) is 0 Å². The van der Waals surface area contributed by atoms with Gasteiger partial charge in [-0.25, -0.2) is 14.8 Å². The van der Waals surface area contributed by atoms with Crippen molar-refractivity contribution in [3.63, 3.8) is 0 Å². The Morgan fingerprint density at radius 1 is 1.16 bits per heavy atom. The lowest BCUT2D eigenvalue weighted by molar-refractivity contribution is 0.158. The number of carboxylic acid groups (broad SMARTS) is 1. The third kappa shape index (κ3) is 3.26. The van der Waals surface area contributed by atoms with E-state index >= 15 is 0 Å². The van der Waals surface area contributed by atoms with Crippen LogP contribution in [0.4, 0.5) is 16.4 Å². The highest BCUT2D eigenvalue weighted by Crippen LogP contribution is 2.34. The molecule has 162 valence electrons. The van der Waals surface area contributed by atoms with Crippen LogP contribution in [0.2, 0.25) is 10.0 Å². The minimum absolute atomic E-state index is 0.171. The van der Waals surface area contributed by atoms with Gasteiger partial charge in [-0.1, -0.05) is 35.3 Å². The zero-order valence-electron chi connectivity index (χ0n) is 16.7. The van der Waals surface area contributed by atoms with Crippen molar-refractivity contribution in [2.24, 2.45) is 7.05 Å². The Balaban J connectivity index is 1.61. The molecule has 0 saturated heterocycles. The molecule has 11 heteroatoms. The molecule has 32 heavy (non-hydrogen) atoms. The second-order valence-electron chi connectivity index (χ2n) is 7.35. The second kappa shape index (κ2) is 7.54. The lowest BCUT2D eigenvalue weighted by Gasteiger charge is -2.11. The summed E-state index contributed by atoms with van der Waals surface area (Å²) in [4.78, 5) is 37.4. The second-order valence-corrected chi connectivity index (χ2v) is 8.16. The third-order valence-corrected chi connectivity index (χ3v) is 6.03. The third-order valence-electron chi connectivity index (χ3n) is 5.40. The van der Waals surface area contributed by atoms with Gasteiger partial charge in [-0.05, 0) is 24.3 Å². The molecule has 0 bridgehead atoms. The van der Waals surface area contributed by atoms with Crippen molar-refractivity contribution in [1.29, 1.82) is 0 Å². The zero-order valence-corrected chi connectivity index (χ0v) is 18.2. The smallest absolute Gasteiger partial charge is 0.407 e. The molecule has 2 aromatic carbocycles. The van der Waals surface area contributed by atoms with E-state index in [1.807, 2.05) is 0 Å². The number of halogens is 2. The van der Waals surface area contributed by atoms with Crippen molar-refractivity contribution >= 4 is 68.4 Å². The molecule has 0 saturated carbocycles. The van der Waals surface area contributed by atoms with Crippen LogP contribution in [0.5, 0.6) is 0 Å². The molecule has 0 spiro atoms. The Labute approximate surface area is 190 Å². The monoisotopic (exact) mass is 470 g/mol. The van der Waals surface area contributed by atoms with E-state index in [1.165, 1.54) is 4.90 Å². The first-order valence-corrected chi connectivity index (χ1v) is 10.4. The molecule has 9 nitrogen and oxygen atoms in total. The van der Waals surface area contributed by atoms with Crippen LogP contribution in [-0.2, 0) is 7.05 Å². The van der Waals surface area contributed by atoms with Crippen molar-refractivity contribution in [3.05, 3.63) is 62.6 Å². The number of benzene rings is 2. The van der Waals surface area contributed by atoms with Gasteiger partial charge in [0.15, 0.2) is 0 Å². The molecular weight excluding hydrogens is 455 g/mol. The number of aryl methyl sites for hydroxylation is 1. The Hall–Kier alpha value is -3.56. The lowest BCUT2D eigenvalue weighted by atomic mass is 10.2. The summed E-state index contributed by atoms with van der Waals surface area (Å²) in [6.07, 6.45) is 0.727. The highest BCUT2D eigenvalue weighted by atomic mass is 35.5. The van der Waals surface area contributed by atoms with Gasteiger partial charge in [-0.2, -0.15) is 0 Å². The van der Waals surface area contributed by atoms with E-state index in [4.69, 9.17) is 28.3 Å². The number of hydrogen-bond acceptors (Lipinski definition) is 5. The highest BCUT2D eigenvalue weighted by Gasteiger charge is 2.22. The Morgan fingerprint density at radius 2 is 1.88 bits per heavy atom. The number of para-hydroxylation sites is 1. The molecule has 1 aliphatic heterocycles. The molecule has 5 rings (SSSR count). The Kier molecular flexibility index (Phi) is 4.79. The van der Waals surface area contributed by atoms with Gasteiger partial charge in [0.05, 0.1) is 44.2 Å². The number of carbonyl (C=O) groups is 1. The molecule has 0 radical (unpaired) electrons. The number of anilines is 2. The van der Waals surface area contributed by atoms with Gasteiger partial charge < -0.3 is 24.9 Å². The number of H-pyrrole nitrogens is 1. The fourth-order valence-corrected chi connectivity index (χ4v) is 4.29. The fraction of sp³-hybridized carbons (Fsp3) is 0.143. The van der Waals surface area contributed by atoms with Crippen LogP contribution in [0.25, 0.3) is 27.5 Å². The van der Waals surface area contributed by atoms with Crippen LogP contribution >= 0.6 is 23.2 Å². The maximum Gasteiger partial charge on any atom is 0.407 e. The number of nitrogens with one attached hydrogen (secondary N) is 2. The molecule has 0 aliphatic carbocycles. The predicted octanol–water partition coefficient (Wildman–Crippen LogP) is 4.24. The van der Waals surface area contributed by atoms with Crippen LogP contribution in [0.15, 0.2) is 41.2 Å². The van der Waals surface area contributed by atoms with Crippen LogP contribution in [0.1, 0.15) is 5.82 Å². The number of amides is 1. The van der Waals surface area contributed by atoms with Crippen LogP contribution in [0, 0.1) is 0 Å². The number of aromatic amines is 1.